The number of rotatable bonds is 3. The van der Waals surface area contributed by atoms with Crippen molar-refractivity contribution in [2.45, 2.75) is 45.2 Å². The van der Waals surface area contributed by atoms with Crippen molar-refractivity contribution in [3.8, 4) is 0 Å². The van der Waals surface area contributed by atoms with Crippen LogP contribution in [0.1, 0.15) is 55.1 Å². The van der Waals surface area contributed by atoms with Crippen LogP contribution in [0.4, 0.5) is 0 Å². The van der Waals surface area contributed by atoms with Crippen LogP contribution in [-0.4, -0.2) is 37.2 Å². The fourth-order valence-electron chi connectivity index (χ4n) is 2.94. The summed E-state index contributed by atoms with van der Waals surface area (Å²) in [4.78, 5) is 22.7. The number of benzene rings is 2. The number of nitrogens with one attached hydrogen (secondary N) is 1. The number of carbonyl (C=O) groups excluding carboxylic acids is 2. The van der Waals surface area contributed by atoms with E-state index in [1.807, 2.05) is 55.1 Å². The molecule has 1 aliphatic rings. The van der Waals surface area contributed by atoms with Crippen LogP contribution < -0.4 is 5.32 Å². The van der Waals surface area contributed by atoms with Crippen LogP contribution >= 0.6 is 0 Å². The molecule has 2 aromatic carbocycles. The molecular formula is C23H32N2O2. The topological polar surface area (TPSA) is 49.4 Å². The molecule has 2 aromatic rings. The lowest BCUT2D eigenvalue weighted by molar-refractivity contribution is -0.0980. The Labute approximate surface area is 163 Å². The summed E-state index contributed by atoms with van der Waals surface area (Å²) in [6.45, 7) is 7.08. The second kappa shape index (κ2) is 12.8. The second-order valence-electron chi connectivity index (χ2n) is 6.73. The summed E-state index contributed by atoms with van der Waals surface area (Å²) in [6, 6.07) is 20.8. The van der Waals surface area contributed by atoms with Crippen LogP contribution in [-0.2, 0) is 4.79 Å². The van der Waals surface area contributed by atoms with E-state index in [2.05, 4.69) is 43.4 Å². The Bertz CT molecular complexity index is 644. The lowest BCUT2D eigenvalue weighted by Gasteiger charge is -2.36. The van der Waals surface area contributed by atoms with Crippen LogP contribution in [0.3, 0.4) is 0 Å². The molecule has 0 radical (unpaired) electrons. The molecule has 1 atom stereocenters. The predicted octanol–water partition coefficient (Wildman–Crippen LogP) is 4.48. The van der Waals surface area contributed by atoms with Gasteiger partial charge in [-0.15, -0.1) is 0 Å². The number of hydrogen-bond donors (Lipinski definition) is 1. The molecule has 146 valence electrons. The van der Waals surface area contributed by atoms with Crippen LogP contribution in [0.5, 0.6) is 0 Å². The summed E-state index contributed by atoms with van der Waals surface area (Å²) in [5.41, 5.74) is 2.03. The SMILES string of the molecule is C=O.CNC(C)C.O=C(c1ccccc1)N1CCCCC1c1ccccc1. The van der Waals surface area contributed by atoms with Gasteiger partial charge in [0.2, 0.25) is 0 Å². The van der Waals surface area contributed by atoms with Gasteiger partial charge < -0.3 is 15.0 Å². The molecule has 27 heavy (non-hydrogen) atoms. The molecule has 1 amide bonds. The summed E-state index contributed by atoms with van der Waals surface area (Å²) in [5.74, 6) is 0.152. The zero-order chi connectivity index (χ0) is 20.1. The Morgan fingerprint density at radius 2 is 1.52 bits per heavy atom. The highest BCUT2D eigenvalue weighted by molar-refractivity contribution is 5.94. The molecule has 0 bridgehead atoms. The fourth-order valence-corrected chi connectivity index (χ4v) is 2.94. The van der Waals surface area contributed by atoms with E-state index < -0.39 is 0 Å². The Morgan fingerprint density at radius 3 is 2.04 bits per heavy atom. The van der Waals surface area contributed by atoms with Crippen LogP contribution in [0.15, 0.2) is 60.7 Å². The van der Waals surface area contributed by atoms with E-state index in [-0.39, 0.29) is 11.9 Å². The number of hydrogen-bond acceptors (Lipinski definition) is 3. The first-order valence-corrected chi connectivity index (χ1v) is 9.50. The number of likely N-dealkylation sites (tertiary alicyclic amines) is 1. The fraction of sp³-hybridized carbons (Fsp3) is 0.391. The van der Waals surface area contributed by atoms with E-state index in [1.54, 1.807) is 0 Å². The van der Waals surface area contributed by atoms with E-state index in [0.29, 0.717) is 6.04 Å². The lowest BCUT2D eigenvalue weighted by atomic mass is 9.94. The summed E-state index contributed by atoms with van der Waals surface area (Å²) in [6.07, 6.45) is 3.35. The molecule has 0 aromatic heterocycles. The monoisotopic (exact) mass is 368 g/mol. The minimum atomic E-state index is 0.152. The number of amides is 1. The van der Waals surface area contributed by atoms with Gasteiger partial charge in [0.25, 0.3) is 5.91 Å². The van der Waals surface area contributed by atoms with Crippen molar-refractivity contribution in [2.24, 2.45) is 0 Å². The van der Waals surface area contributed by atoms with E-state index in [9.17, 15) is 4.79 Å². The third-order valence-electron chi connectivity index (χ3n) is 4.55. The molecule has 0 saturated carbocycles. The standard InChI is InChI=1S/C18H19NO.C4H11N.CH2O/c20-18(16-11-5-2-6-12-16)19-14-8-7-13-17(19)15-9-3-1-4-10-15;1-4(2)5-3;1-2/h1-6,9-12,17H,7-8,13-14H2;4-5H,1-3H3;1H2. The van der Waals surface area contributed by atoms with Crippen molar-refractivity contribution < 1.29 is 9.59 Å². The van der Waals surface area contributed by atoms with Gasteiger partial charge in [-0.25, -0.2) is 0 Å². The maximum Gasteiger partial charge on any atom is 0.254 e. The summed E-state index contributed by atoms with van der Waals surface area (Å²) in [7, 11) is 1.95. The van der Waals surface area contributed by atoms with Crippen LogP contribution in [0.25, 0.3) is 0 Å². The molecule has 1 fully saturated rings. The molecule has 1 heterocycles. The molecule has 4 heteroatoms. The Hall–Kier alpha value is -2.46. The summed E-state index contributed by atoms with van der Waals surface area (Å²) < 4.78 is 0. The molecular weight excluding hydrogens is 336 g/mol. The van der Waals surface area contributed by atoms with E-state index in [1.165, 1.54) is 12.0 Å². The Kier molecular flexibility index (Phi) is 10.7. The molecule has 0 aliphatic carbocycles. The van der Waals surface area contributed by atoms with Gasteiger partial charge in [-0.2, -0.15) is 0 Å². The smallest absolute Gasteiger partial charge is 0.254 e. The van der Waals surface area contributed by atoms with Crippen molar-refractivity contribution in [3.63, 3.8) is 0 Å². The summed E-state index contributed by atoms with van der Waals surface area (Å²) in [5, 5.41) is 3.03. The highest BCUT2D eigenvalue weighted by Crippen LogP contribution is 2.31. The molecule has 1 unspecified atom stereocenters. The lowest BCUT2D eigenvalue weighted by Crippen LogP contribution is -2.38. The van der Waals surface area contributed by atoms with E-state index in [4.69, 9.17) is 4.79 Å². The minimum Gasteiger partial charge on any atom is -0.332 e. The van der Waals surface area contributed by atoms with Crippen molar-refractivity contribution in [3.05, 3.63) is 71.8 Å². The third-order valence-corrected chi connectivity index (χ3v) is 4.55. The zero-order valence-corrected chi connectivity index (χ0v) is 16.7. The molecule has 3 rings (SSSR count). The molecule has 0 spiro atoms. The quantitative estimate of drug-likeness (QED) is 0.869. The van der Waals surface area contributed by atoms with Gasteiger partial charge >= 0.3 is 0 Å². The summed E-state index contributed by atoms with van der Waals surface area (Å²) >= 11 is 0. The van der Waals surface area contributed by atoms with Crippen molar-refractivity contribution in [2.75, 3.05) is 13.6 Å². The second-order valence-corrected chi connectivity index (χ2v) is 6.73. The molecule has 4 nitrogen and oxygen atoms in total. The average Bonchev–Trinajstić information content (AvgIpc) is 2.76. The van der Waals surface area contributed by atoms with Gasteiger partial charge in [0.05, 0.1) is 6.04 Å². The highest BCUT2D eigenvalue weighted by atomic mass is 16.2. The van der Waals surface area contributed by atoms with Gasteiger partial charge in [0.15, 0.2) is 0 Å². The normalized spacial score (nSPS) is 15.9. The highest BCUT2D eigenvalue weighted by Gasteiger charge is 2.28. The van der Waals surface area contributed by atoms with Crippen molar-refractivity contribution in [1.82, 2.24) is 10.2 Å². The van der Waals surface area contributed by atoms with E-state index in [0.717, 1.165) is 24.9 Å². The first-order chi connectivity index (χ1) is 13.1. The van der Waals surface area contributed by atoms with Gasteiger partial charge in [0, 0.05) is 18.2 Å². The minimum absolute atomic E-state index is 0.152. The largest absolute Gasteiger partial charge is 0.332 e. The zero-order valence-electron chi connectivity index (χ0n) is 16.7. The van der Waals surface area contributed by atoms with Crippen molar-refractivity contribution >= 4 is 12.7 Å². The number of nitrogens with zero attached hydrogens (tertiary/aromatic N) is 1. The first kappa shape index (κ1) is 22.6. The molecule has 1 N–H and O–H groups in total. The average molecular weight is 369 g/mol. The first-order valence-electron chi connectivity index (χ1n) is 9.50. The third kappa shape index (κ3) is 7.35. The van der Waals surface area contributed by atoms with E-state index >= 15 is 0 Å². The van der Waals surface area contributed by atoms with Crippen LogP contribution in [0, 0.1) is 0 Å². The van der Waals surface area contributed by atoms with Gasteiger partial charge in [-0.3, -0.25) is 4.79 Å². The van der Waals surface area contributed by atoms with Crippen LogP contribution in [0.2, 0.25) is 0 Å². The predicted molar refractivity (Wildman–Crippen MR) is 112 cm³/mol. The number of piperidine rings is 1. The Balaban J connectivity index is 0.000000454. The van der Waals surface area contributed by atoms with Gasteiger partial charge in [-0.05, 0) is 44.0 Å². The number of carbonyl (C=O) groups is 2. The Morgan fingerprint density at radius 1 is 1.00 bits per heavy atom. The molecule has 1 saturated heterocycles. The van der Waals surface area contributed by atoms with Gasteiger partial charge in [0.1, 0.15) is 6.79 Å². The maximum atomic E-state index is 12.7. The van der Waals surface area contributed by atoms with Gasteiger partial charge in [-0.1, -0.05) is 62.4 Å². The van der Waals surface area contributed by atoms with Crippen molar-refractivity contribution in [1.29, 1.82) is 0 Å². The molecule has 1 aliphatic heterocycles. The maximum absolute atomic E-state index is 12.7.